The standard InChI is InChI=1S/C21H16ClNO3S2/c1-2-13-10-14(22)5-7-17(13)18-8-6-15(26-18)11-19-20(24)23(21(27)28-19)12-16-4-3-9-25-16/h3-11H,2,12H2,1H3/b19-11-. The van der Waals surface area contributed by atoms with Crippen molar-refractivity contribution in [2.45, 2.75) is 19.9 Å². The molecule has 4 nitrogen and oxygen atoms in total. The minimum absolute atomic E-state index is 0.148. The molecule has 3 heterocycles. The molecular formula is C21H16ClNO3S2. The Balaban J connectivity index is 1.57. The molecule has 1 fully saturated rings. The summed E-state index contributed by atoms with van der Waals surface area (Å²) in [6.45, 7) is 2.40. The Morgan fingerprint density at radius 3 is 2.86 bits per heavy atom. The molecule has 0 spiro atoms. The topological polar surface area (TPSA) is 46.6 Å². The number of hydrogen-bond acceptors (Lipinski definition) is 5. The van der Waals surface area contributed by atoms with E-state index in [1.165, 1.54) is 16.7 Å². The van der Waals surface area contributed by atoms with Crippen LogP contribution in [0.1, 0.15) is 24.0 Å². The Hall–Kier alpha value is -2.28. The number of furan rings is 2. The van der Waals surface area contributed by atoms with Gasteiger partial charge in [0.15, 0.2) is 0 Å². The maximum absolute atomic E-state index is 12.7. The van der Waals surface area contributed by atoms with E-state index in [9.17, 15) is 4.79 Å². The van der Waals surface area contributed by atoms with E-state index in [1.807, 2.05) is 36.4 Å². The molecule has 0 aliphatic carbocycles. The van der Waals surface area contributed by atoms with Crippen molar-refractivity contribution in [2.75, 3.05) is 0 Å². The molecule has 2 aromatic heterocycles. The largest absolute Gasteiger partial charge is 0.467 e. The Morgan fingerprint density at radius 2 is 2.11 bits per heavy atom. The zero-order valence-corrected chi connectivity index (χ0v) is 17.4. The Labute approximate surface area is 177 Å². The van der Waals surface area contributed by atoms with E-state index in [1.54, 1.807) is 18.4 Å². The summed E-state index contributed by atoms with van der Waals surface area (Å²) in [5.74, 6) is 1.88. The number of aryl methyl sites for hydroxylation is 1. The van der Waals surface area contributed by atoms with E-state index >= 15 is 0 Å². The fraction of sp³-hybridized carbons (Fsp3) is 0.143. The molecule has 0 saturated carbocycles. The maximum Gasteiger partial charge on any atom is 0.266 e. The first kappa shape index (κ1) is 19.1. The van der Waals surface area contributed by atoms with Gasteiger partial charge < -0.3 is 8.83 Å². The number of halogens is 1. The van der Waals surface area contributed by atoms with Gasteiger partial charge in [0.2, 0.25) is 0 Å². The van der Waals surface area contributed by atoms with Crippen LogP contribution >= 0.6 is 35.6 Å². The maximum atomic E-state index is 12.7. The molecule has 0 bridgehead atoms. The molecule has 0 N–H and O–H groups in total. The molecule has 3 aromatic rings. The highest BCUT2D eigenvalue weighted by Gasteiger charge is 2.32. The van der Waals surface area contributed by atoms with E-state index in [0.717, 1.165) is 23.3 Å². The van der Waals surface area contributed by atoms with Crippen LogP contribution in [0.2, 0.25) is 5.02 Å². The summed E-state index contributed by atoms with van der Waals surface area (Å²) in [6.07, 6.45) is 4.15. The monoisotopic (exact) mass is 429 g/mol. The first-order chi connectivity index (χ1) is 13.5. The lowest BCUT2D eigenvalue weighted by Crippen LogP contribution is -2.27. The highest BCUT2D eigenvalue weighted by Crippen LogP contribution is 2.35. The van der Waals surface area contributed by atoms with Crippen LogP contribution in [0.15, 0.2) is 62.5 Å². The number of hydrogen-bond donors (Lipinski definition) is 0. The van der Waals surface area contributed by atoms with Gasteiger partial charge in [-0.3, -0.25) is 9.69 Å². The molecule has 28 heavy (non-hydrogen) atoms. The zero-order valence-electron chi connectivity index (χ0n) is 15.0. The quantitative estimate of drug-likeness (QED) is 0.359. The van der Waals surface area contributed by atoms with Gasteiger partial charge in [0.1, 0.15) is 21.6 Å². The number of benzene rings is 1. The number of carbonyl (C=O) groups excluding carboxylic acids is 1. The normalized spacial score (nSPS) is 15.8. The SMILES string of the molecule is CCc1cc(Cl)ccc1-c1ccc(/C=C2\SC(=S)N(Cc3ccco3)C2=O)o1. The fourth-order valence-electron chi connectivity index (χ4n) is 2.99. The highest BCUT2D eigenvalue weighted by atomic mass is 35.5. The van der Waals surface area contributed by atoms with Gasteiger partial charge in [-0.2, -0.15) is 0 Å². The number of nitrogens with zero attached hydrogens (tertiary/aromatic N) is 1. The van der Waals surface area contributed by atoms with Crippen molar-refractivity contribution in [3.05, 3.63) is 75.7 Å². The number of thioether (sulfide) groups is 1. The van der Waals surface area contributed by atoms with E-state index in [4.69, 9.17) is 32.7 Å². The van der Waals surface area contributed by atoms with E-state index in [0.29, 0.717) is 32.3 Å². The minimum Gasteiger partial charge on any atom is -0.467 e. The molecule has 7 heteroatoms. The first-order valence-electron chi connectivity index (χ1n) is 8.71. The summed E-state index contributed by atoms with van der Waals surface area (Å²) in [4.78, 5) is 14.8. The fourth-order valence-corrected chi connectivity index (χ4v) is 4.42. The van der Waals surface area contributed by atoms with Crippen LogP contribution in [0, 0.1) is 0 Å². The van der Waals surface area contributed by atoms with Gasteiger partial charge in [-0.05, 0) is 54.4 Å². The predicted molar refractivity (Wildman–Crippen MR) is 116 cm³/mol. The van der Waals surface area contributed by atoms with Crippen LogP contribution in [-0.2, 0) is 17.8 Å². The summed E-state index contributed by atoms with van der Waals surface area (Å²) in [6, 6.07) is 13.1. The van der Waals surface area contributed by atoms with Gasteiger partial charge in [0.25, 0.3) is 5.91 Å². The molecule has 1 aliphatic rings. The molecule has 1 saturated heterocycles. The molecule has 1 aliphatic heterocycles. The molecule has 0 atom stereocenters. The summed E-state index contributed by atoms with van der Waals surface area (Å²) >= 11 is 12.7. The number of amides is 1. The van der Waals surface area contributed by atoms with E-state index in [2.05, 4.69) is 6.92 Å². The minimum atomic E-state index is -0.148. The molecular weight excluding hydrogens is 414 g/mol. The highest BCUT2D eigenvalue weighted by molar-refractivity contribution is 8.26. The third-order valence-electron chi connectivity index (χ3n) is 4.38. The second-order valence-electron chi connectivity index (χ2n) is 6.20. The van der Waals surface area contributed by atoms with Crippen molar-refractivity contribution in [1.82, 2.24) is 4.90 Å². The molecule has 0 radical (unpaired) electrons. The average Bonchev–Trinajstić information content (AvgIpc) is 3.41. The van der Waals surface area contributed by atoms with Crippen LogP contribution in [0.25, 0.3) is 17.4 Å². The first-order valence-corrected chi connectivity index (χ1v) is 10.3. The van der Waals surface area contributed by atoms with Gasteiger partial charge >= 0.3 is 0 Å². The third kappa shape index (κ3) is 3.81. The summed E-state index contributed by atoms with van der Waals surface area (Å²) < 4.78 is 11.8. The molecule has 1 amide bonds. The average molecular weight is 430 g/mol. The summed E-state index contributed by atoms with van der Waals surface area (Å²) in [5.41, 5.74) is 2.11. The molecule has 0 unspecified atom stereocenters. The van der Waals surface area contributed by atoms with Crippen LogP contribution in [0.5, 0.6) is 0 Å². The van der Waals surface area contributed by atoms with Gasteiger partial charge in [-0.1, -0.05) is 42.5 Å². The number of rotatable bonds is 5. The Morgan fingerprint density at radius 1 is 1.25 bits per heavy atom. The lowest BCUT2D eigenvalue weighted by molar-refractivity contribution is -0.122. The lowest BCUT2D eigenvalue weighted by Gasteiger charge is -2.11. The van der Waals surface area contributed by atoms with Crippen LogP contribution in [0.4, 0.5) is 0 Å². The smallest absolute Gasteiger partial charge is 0.266 e. The molecule has 4 rings (SSSR count). The Bertz CT molecular complexity index is 1070. The predicted octanol–water partition coefficient (Wildman–Crippen LogP) is 6.16. The van der Waals surface area contributed by atoms with Crippen molar-refractivity contribution in [1.29, 1.82) is 0 Å². The van der Waals surface area contributed by atoms with Crippen molar-refractivity contribution in [3.63, 3.8) is 0 Å². The second-order valence-corrected chi connectivity index (χ2v) is 8.32. The van der Waals surface area contributed by atoms with Crippen LogP contribution in [-0.4, -0.2) is 15.1 Å². The lowest BCUT2D eigenvalue weighted by atomic mass is 10.0. The van der Waals surface area contributed by atoms with Gasteiger partial charge in [0.05, 0.1) is 17.7 Å². The summed E-state index contributed by atoms with van der Waals surface area (Å²) in [5, 5.41) is 0.701. The third-order valence-corrected chi connectivity index (χ3v) is 5.99. The van der Waals surface area contributed by atoms with Crippen molar-refractivity contribution in [3.8, 4) is 11.3 Å². The number of thiocarbonyl (C=S) groups is 1. The van der Waals surface area contributed by atoms with Crippen LogP contribution in [0.3, 0.4) is 0 Å². The van der Waals surface area contributed by atoms with E-state index in [-0.39, 0.29) is 5.91 Å². The Kier molecular flexibility index (Phi) is 5.44. The van der Waals surface area contributed by atoms with Crippen LogP contribution < -0.4 is 0 Å². The second kappa shape index (κ2) is 7.99. The number of carbonyl (C=O) groups is 1. The van der Waals surface area contributed by atoms with Gasteiger partial charge in [-0.25, -0.2) is 0 Å². The summed E-state index contributed by atoms with van der Waals surface area (Å²) in [7, 11) is 0. The van der Waals surface area contributed by atoms with Crippen molar-refractivity contribution < 1.29 is 13.6 Å². The molecule has 142 valence electrons. The van der Waals surface area contributed by atoms with Crippen molar-refractivity contribution >= 4 is 51.9 Å². The zero-order chi connectivity index (χ0) is 19.7. The van der Waals surface area contributed by atoms with E-state index < -0.39 is 0 Å². The van der Waals surface area contributed by atoms with Crippen molar-refractivity contribution in [2.24, 2.45) is 0 Å². The molecule has 1 aromatic carbocycles. The van der Waals surface area contributed by atoms with Gasteiger partial charge in [0, 0.05) is 16.7 Å². The van der Waals surface area contributed by atoms with Gasteiger partial charge in [-0.15, -0.1) is 0 Å².